The molecule has 1 aliphatic carbocycles. The van der Waals surface area contributed by atoms with Crippen LogP contribution in [0, 0.1) is 6.92 Å². The largest absolute Gasteiger partial charge is 0.341 e. The van der Waals surface area contributed by atoms with Gasteiger partial charge in [0.05, 0.1) is 13.1 Å². The summed E-state index contributed by atoms with van der Waals surface area (Å²) in [6, 6.07) is 7.15. The molecular weight excluding hydrogens is 336 g/mol. The molecule has 5 nitrogen and oxygen atoms in total. The van der Waals surface area contributed by atoms with E-state index in [1.165, 1.54) is 52.1 Å². The third-order valence-electron chi connectivity index (χ3n) is 7.06. The number of hydrogen-bond donors (Lipinski definition) is 2. The van der Waals surface area contributed by atoms with Gasteiger partial charge >= 0.3 is 0 Å². The third-order valence-corrected chi connectivity index (χ3v) is 7.06. The van der Waals surface area contributed by atoms with Crippen LogP contribution in [0.4, 0.5) is 0 Å². The summed E-state index contributed by atoms with van der Waals surface area (Å²) in [7, 11) is 2.26. The Labute approximate surface area is 161 Å². The van der Waals surface area contributed by atoms with E-state index in [-0.39, 0.29) is 0 Å². The summed E-state index contributed by atoms with van der Waals surface area (Å²) in [6.45, 7) is 9.29. The number of rotatable bonds is 2. The fourth-order valence-electron chi connectivity index (χ4n) is 5.54. The molecule has 1 unspecified atom stereocenters. The first-order valence-electron chi connectivity index (χ1n) is 10.7. The van der Waals surface area contributed by atoms with Crippen molar-refractivity contribution in [1.29, 1.82) is 0 Å². The second-order valence-corrected chi connectivity index (χ2v) is 8.92. The average molecular weight is 369 g/mol. The van der Waals surface area contributed by atoms with Crippen LogP contribution in [-0.4, -0.2) is 61.7 Å². The second kappa shape index (κ2) is 6.64. The summed E-state index contributed by atoms with van der Waals surface area (Å²) in [6.07, 6.45) is 3.47. The number of nitrogens with zero attached hydrogens (tertiary/aromatic N) is 2. The fourth-order valence-corrected chi connectivity index (χ4v) is 5.54. The molecule has 1 amide bonds. The fraction of sp³-hybridized carbons (Fsp3) is 0.591. The van der Waals surface area contributed by atoms with Crippen molar-refractivity contribution < 1.29 is 14.6 Å². The Hall–Kier alpha value is -1.85. The smallest absolute Gasteiger partial charge is 0.278 e. The molecule has 5 rings (SSSR count). The molecule has 1 aromatic carbocycles. The highest BCUT2D eigenvalue weighted by Gasteiger charge is 2.38. The summed E-state index contributed by atoms with van der Waals surface area (Å²) >= 11 is 0. The molecule has 27 heavy (non-hydrogen) atoms. The van der Waals surface area contributed by atoms with Crippen LogP contribution in [0.2, 0.25) is 0 Å². The summed E-state index contributed by atoms with van der Waals surface area (Å²) < 4.78 is 2.52. The Bertz CT molecular complexity index is 878. The second-order valence-electron chi connectivity index (χ2n) is 8.92. The van der Waals surface area contributed by atoms with E-state index in [0.29, 0.717) is 18.5 Å². The number of quaternary nitrogens is 2. The lowest BCUT2D eigenvalue weighted by Crippen LogP contribution is -3.27. The Morgan fingerprint density at radius 3 is 2.81 bits per heavy atom. The van der Waals surface area contributed by atoms with Crippen LogP contribution in [0.25, 0.3) is 10.9 Å². The van der Waals surface area contributed by atoms with Crippen molar-refractivity contribution in [2.75, 3.05) is 46.3 Å². The van der Waals surface area contributed by atoms with Gasteiger partial charge in [0.1, 0.15) is 26.2 Å². The lowest BCUT2D eigenvalue weighted by Gasteiger charge is -2.40. The zero-order valence-electron chi connectivity index (χ0n) is 16.7. The molecule has 2 aromatic rings. The summed E-state index contributed by atoms with van der Waals surface area (Å²) in [4.78, 5) is 18.5. The number of aromatic nitrogens is 1. The predicted molar refractivity (Wildman–Crippen MR) is 106 cm³/mol. The number of aryl methyl sites for hydroxylation is 2. The minimum Gasteiger partial charge on any atom is -0.341 e. The van der Waals surface area contributed by atoms with Crippen molar-refractivity contribution in [1.82, 2.24) is 9.47 Å². The Kier molecular flexibility index (Phi) is 4.25. The Morgan fingerprint density at radius 1 is 1.19 bits per heavy atom. The van der Waals surface area contributed by atoms with Crippen LogP contribution in [-0.2, 0) is 17.8 Å². The van der Waals surface area contributed by atoms with Gasteiger partial charge in [0, 0.05) is 29.7 Å². The molecule has 1 fully saturated rings. The van der Waals surface area contributed by atoms with Crippen molar-refractivity contribution >= 4 is 16.8 Å². The summed E-state index contributed by atoms with van der Waals surface area (Å²) in [5.41, 5.74) is 5.66. The van der Waals surface area contributed by atoms with E-state index in [1.807, 2.05) is 0 Å². The molecule has 2 N–H and O–H groups in total. The van der Waals surface area contributed by atoms with Gasteiger partial charge in [-0.15, -0.1) is 0 Å². The molecule has 0 saturated carbocycles. The lowest BCUT2D eigenvalue weighted by atomic mass is 9.89. The highest BCUT2D eigenvalue weighted by molar-refractivity contribution is 5.87. The van der Waals surface area contributed by atoms with E-state index in [1.54, 1.807) is 4.90 Å². The molecule has 144 valence electrons. The quantitative estimate of drug-likeness (QED) is 0.742. The molecular formula is C22H32N4O+2. The highest BCUT2D eigenvalue weighted by atomic mass is 16.2. The first-order valence-corrected chi connectivity index (χ1v) is 10.7. The predicted octanol–water partition coefficient (Wildman–Crippen LogP) is -0.417. The Balaban J connectivity index is 1.44. The molecule has 1 saturated heterocycles. The zero-order valence-corrected chi connectivity index (χ0v) is 16.7. The van der Waals surface area contributed by atoms with Gasteiger partial charge in [0.15, 0.2) is 6.54 Å². The van der Waals surface area contributed by atoms with Gasteiger partial charge < -0.3 is 19.3 Å². The number of fused-ring (bicyclic) bond motifs is 3. The van der Waals surface area contributed by atoms with Crippen molar-refractivity contribution in [3.63, 3.8) is 0 Å². The Morgan fingerprint density at radius 2 is 2.00 bits per heavy atom. The maximum Gasteiger partial charge on any atom is 0.278 e. The molecule has 0 radical (unpaired) electrons. The molecule has 1 atom stereocenters. The molecule has 0 bridgehead atoms. The van der Waals surface area contributed by atoms with Crippen molar-refractivity contribution in [2.45, 2.75) is 38.8 Å². The number of carbonyl (C=O) groups is 1. The first-order chi connectivity index (χ1) is 13.1. The number of piperazine rings is 1. The van der Waals surface area contributed by atoms with Crippen LogP contribution in [0.1, 0.15) is 35.7 Å². The van der Waals surface area contributed by atoms with Gasteiger partial charge in [0.2, 0.25) is 0 Å². The minimum absolute atomic E-state index is 0.292. The van der Waals surface area contributed by atoms with E-state index in [9.17, 15) is 4.79 Å². The summed E-state index contributed by atoms with van der Waals surface area (Å²) in [5.74, 6) is 0.370. The van der Waals surface area contributed by atoms with Gasteiger partial charge in [-0.3, -0.25) is 4.79 Å². The number of likely N-dealkylation sites (N-methyl/N-ethyl adjacent to an activating group) is 1. The van der Waals surface area contributed by atoms with Crippen molar-refractivity contribution in [3.05, 3.63) is 35.0 Å². The molecule has 1 aromatic heterocycles. The van der Waals surface area contributed by atoms with Crippen molar-refractivity contribution in [2.24, 2.45) is 0 Å². The summed E-state index contributed by atoms with van der Waals surface area (Å²) in [5, 5.41) is 1.43. The van der Waals surface area contributed by atoms with Crippen LogP contribution < -0.4 is 9.80 Å². The van der Waals surface area contributed by atoms with Gasteiger partial charge in [-0.1, -0.05) is 11.6 Å². The van der Waals surface area contributed by atoms with Gasteiger partial charge in [-0.05, 0) is 43.9 Å². The minimum atomic E-state index is 0.292. The molecule has 2 aliphatic heterocycles. The van der Waals surface area contributed by atoms with E-state index in [2.05, 4.69) is 41.6 Å². The van der Waals surface area contributed by atoms with Gasteiger partial charge in [-0.2, -0.15) is 0 Å². The number of benzene rings is 1. The van der Waals surface area contributed by atoms with E-state index >= 15 is 0 Å². The molecule has 3 aliphatic rings. The normalized spacial score (nSPS) is 27.6. The number of nitrogens with one attached hydrogen (secondary N) is 2. The van der Waals surface area contributed by atoms with Crippen LogP contribution in [0.3, 0.4) is 0 Å². The maximum atomic E-state index is 13.2. The SMILES string of the molecule is Cc1ccc2c(c1)c1c3n2CCN(C(=O)C[NH+]2CC[NH+](C)CC2)C3CCC1. The molecule has 3 heterocycles. The number of hydrogen-bond acceptors (Lipinski definition) is 1. The zero-order chi connectivity index (χ0) is 18.5. The topological polar surface area (TPSA) is 34.1 Å². The van der Waals surface area contributed by atoms with Crippen molar-refractivity contribution in [3.8, 4) is 0 Å². The molecule has 0 spiro atoms. The number of carbonyl (C=O) groups excluding carboxylic acids is 1. The van der Waals surface area contributed by atoms with Crippen LogP contribution in [0.5, 0.6) is 0 Å². The first kappa shape index (κ1) is 17.3. The van der Waals surface area contributed by atoms with Crippen LogP contribution >= 0.6 is 0 Å². The van der Waals surface area contributed by atoms with Crippen LogP contribution in [0.15, 0.2) is 18.2 Å². The monoisotopic (exact) mass is 368 g/mol. The number of amides is 1. The third kappa shape index (κ3) is 2.88. The van der Waals surface area contributed by atoms with Gasteiger partial charge in [0.25, 0.3) is 5.91 Å². The van der Waals surface area contributed by atoms with E-state index < -0.39 is 0 Å². The molecule has 5 heteroatoms. The van der Waals surface area contributed by atoms with E-state index in [0.717, 1.165) is 39.0 Å². The standard InChI is InChI=1S/C22H30N4O/c1-16-6-7-19-18(14-16)17-4-3-5-20-22(17)26(19)13-12-25(20)21(27)15-24-10-8-23(2)9-11-24/h6-7,14,20H,3-5,8-13,15H2,1-2H3/p+2. The highest BCUT2D eigenvalue weighted by Crippen LogP contribution is 2.42. The maximum absolute atomic E-state index is 13.2. The van der Waals surface area contributed by atoms with E-state index in [4.69, 9.17) is 0 Å². The van der Waals surface area contributed by atoms with Gasteiger partial charge in [-0.25, -0.2) is 0 Å². The average Bonchev–Trinajstić information content (AvgIpc) is 2.99. The lowest BCUT2D eigenvalue weighted by molar-refractivity contribution is -1.000.